The number of phenolic OH excluding ortho intramolecular Hbond substituents is 1. The zero-order chi connectivity index (χ0) is 11.4. The molecule has 4 heteroatoms. The van der Waals surface area contributed by atoms with Crippen molar-refractivity contribution in [2.45, 2.75) is 6.92 Å². The number of hydrogen-bond acceptors (Lipinski definition) is 3. The van der Waals surface area contributed by atoms with E-state index in [1.807, 2.05) is 13.0 Å². The largest absolute Gasteiger partial charge is 0.503 e. The summed E-state index contributed by atoms with van der Waals surface area (Å²) in [6.45, 7) is 1.84. The zero-order valence-corrected chi connectivity index (χ0v) is 10.2. The van der Waals surface area contributed by atoms with Crippen LogP contribution in [-0.2, 0) is 0 Å². The molecule has 0 bridgehead atoms. The number of halogens is 1. The fourth-order valence-corrected chi connectivity index (χ4v) is 1.62. The van der Waals surface area contributed by atoms with E-state index < -0.39 is 0 Å². The van der Waals surface area contributed by atoms with Crippen LogP contribution in [0, 0.1) is 0 Å². The van der Waals surface area contributed by atoms with Crippen molar-refractivity contribution in [3.8, 4) is 11.5 Å². The van der Waals surface area contributed by atoms with E-state index >= 15 is 0 Å². The van der Waals surface area contributed by atoms with Gasteiger partial charge in [-0.05, 0) is 46.1 Å². The smallest absolute Gasteiger partial charge is 0.172 e. The van der Waals surface area contributed by atoms with Crippen LogP contribution in [-0.4, -0.2) is 23.9 Å². The van der Waals surface area contributed by atoms with Gasteiger partial charge in [-0.15, -0.1) is 0 Å². The molecule has 15 heavy (non-hydrogen) atoms. The lowest BCUT2D eigenvalue weighted by Crippen LogP contribution is -1.88. The van der Waals surface area contributed by atoms with Crippen molar-refractivity contribution in [3.63, 3.8) is 0 Å². The van der Waals surface area contributed by atoms with Crippen molar-refractivity contribution in [3.05, 3.63) is 27.7 Å². The number of aliphatic hydroxyl groups excluding tert-OH is 1. The predicted molar refractivity (Wildman–Crippen MR) is 63.1 cm³/mol. The number of methoxy groups -OCH3 is 1. The topological polar surface area (TPSA) is 49.7 Å². The molecule has 0 aliphatic rings. The van der Waals surface area contributed by atoms with Crippen molar-refractivity contribution in [1.29, 1.82) is 0 Å². The molecule has 0 spiro atoms. The van der Waals surface area contributed by atoms with Gasteiger partial charge < -0.3 is 14.9 Å². The normalized spacial score (nSPS) is 11.6. The van der Waals surface area contributed by atoms with Gasteiger partial charge in [0.25, 0.3) is 0 Å². The first kappa shape index (κ1) is 12.1. The van der Waals surface area contributed by atoms with Crippen LogP contribution in [0.5, 0.6) is 11.5 Å². The number of aromatic hydroxyl groups is 1. The van der Waals surface area contributed by atoms with Crippen LogP contribution in [0.25, 0.3) is 6.08 Å². The van der Waals surface area contributed by atoms with Crippen LogP contribution in [0.4, 0.5) is 0 Å². The van der Waals surface area contributed by atoms with Crippen molar-refractivity contribution in [1.82, 2.24) is 0 Å². The van der Waals surface area contributed by atoms with Crippen molar-refractivity contribution in [2.24, 2.45) is 0 Å². The van der Waals surface area contributed by atoms with Gasteiger partial charge in [-0.1, -0.05) is 6.08 Å². The molecule has 0 saturated carbocycles. The molecule has 0 aliphatic heterocycles. The minimum absolute atomic E-state index is 0.0147. The third-order valence-electron chi connectivity index (χ3n) is 1.93. The van der Waals surface area contributed by atoms with E-state index in [1.54, 1.807) is 12.1 Å². The fraction of sp³-hybridized carbons (Fsp3) is 0.273. The first-order chi connectivity index (χ1) is 7.08. The molecule has 0 aliphatic carbocycles. The molecular weight excluding hydrogens is 260 g/mol. The summed E-state index contributed by atoms with van der Waals surface area (Å²) in [5.41, 5.74) is 1.71. The third kappa shape index (κ3) is 2.97. The molecule has 3 nitrogen and oxygen atoms in total. The van der Waals surface area contributed by atoms with E-state index in [0.717, 1.165) is 11.1 Å². The van der Waals surface area contributed by atoms with E-state index in [0.29, 0.717) is 10.2 Å². The SMILES string of the molecule is COc1cc(C=C(C)CO)cc(Br)c1O. The maximum atomic E-state index is 9.57. The lowest BCUT2D eigenvalue weighted by molar-refractivity contribution is 0.332. The highest BCUT2D eigenvalue weighted by molar-refractivity contribution is 9.10. The number of aliphatic hydroxyl groups is 1. The monoisotopic (exact) mass is 272 g/mol. The first-order valence-corrected chi connectivity index (χ1v) is 5.22. The maximum absolute atomic E-state index is 9.57. The highest BCUT2D eigenvalue weighted by Gasteiger charge is 2.07. The molecule has 1 aromatic rings. The van der Waals surface area contributed by atoms with E-state index in [1.165, 1.54) is 7.11 Å². The Morgan fingerprint density at radius 1 is 1.53 bits per heavy atom. The van der Waals surface area contributed by atoms with Gasteiger partial charge >= 0.3 is 0 Å². The van der Waals surface area contributed by atoms with Gasteiger partial charge in [0.2, 0.25) is 0 Å². The molecule has 1 rings (SSSR count). The molecule has 2 N–H and O–H groups in total. The number of rotatable bonds is 3. The second-order valence-electron chi connectivity index (χ2n) is 3.20. The highest BCUT2D eigenvalue weighted by Crippen LogP contribution is 2.35. The fourth-order valence-electron chi connectivity index (χ4n) is 1.16. The molecule has 0 fully saturated rings. The minimum atomic E-state index is 0.0147. The summed E-state index contributed by atoms with van der Waals surface area (Å²) in [5, 5.41) is 18.5. The molecule has 0 heterocycles. The number of benzene rings is 1. The molecule has 1 aromatic carbocycles. The Bertz CT molecular complexity index is 386. The summed E-state index contributed by atoms with van der Waals surface area (Å²) < 4.78 is 5.58. The summed E-state index contributed by atoms with van der Waals surface area (Å²) in [6, 6.07) is 3.47. The molecule has 0 amide bonds. The van der Waals surface area contributed by atoms with Gasteiger partial charge in [-0.3, -0.25) is 0 Å². The Morgan fingerprint density at radius 2 is 2.20 bits per heavy atom. The summed E-state index contributed by atoms with van der Waals surface area (Å²) in [7, 11) is 1.49. The second kappa shape index (κ2) is 5.19. The highest BCUT2D eigenvalue weighted by atomic mass is 79.9. The molecule has 0 radical (unpaired) electrons. The number of phenols is 1. The third-order valence-corrected chi connectivity index (χ3v) is 2.54. The van der Waals surface area contributed by atoms with Crippen molar-refractivity contribution in [2.75, 3.05) is 13.7 Å². The Labute approximate surface area is 97.1 Å². The van der Waals surface area contributed by atoms with Crippen LogP contribution in [0.1, 0.15) is 12.5 Å². The molecule has 0 unspecified atom stereocenters. The van der Waals surface area contributed by atoms with Gasteiger partial charge in [0.05, 0.1) is 18.2 Å². The zero-order valence-electron chi connectivity index (χ0n) is 8.62. The lowest BCUT2D eigenvalue weighted by atomic mass is 10.1. The van der Waals surface area contributed by atoms with E-state index in [4.69, 9.17) is 9.84 Å². The Kier molecular flexibility index (Phi) is 4.17. The van der Waals surface area contributed by atoms with Crippen molar-refractivity contribution >= 4 is 22.0 Å². The molecule has 0 atom stereocenters. The van der Waals surface area contributed by atoms with E-state index in [9.17, 15) is 5.11 Å². The average molecular weight is 273 g/mol. The summed E-state index contributed by atoms with van der Waals surface area (Å²) >= 11 is 3.23. The molecule has 0 aromatic heterocycles. The van der Waals surface area contributed by atoms with E-state index in [-0.39, 0.29) is 12.4 Å². The number of ether oxygens (including phenoxy) is 1. The van der Waals surface area contributed by atoms with Gasteiger partial charge in [-0.25, -0.2) is 0 Å². The summed E-state index contributed by atoms with van der Waals surface area (Å²) in [5.74, 6) is 0.484. The van der Waals surface area contributed by atoms with Gasteiger partial charge in [0.15, 0.2) is 11.5 Å². The molecular formula is C11H13BrO3. The second-order valence-corrected chi connectivity index (χ2v) is 4.06. The predicted octanol–water partition coefficient (Wildman–Crippen LogP) is 2.56. The first-order valence-electron chi connectivity index (χ1n) is 4.43. The van der Waals surface area contributed by atoms with Gasteiger partial charge in [0.1, 0.15) is 0 Å². The maximum Gasteiger partial charge on any atom is 0.172 e. The van der Waals surface area contributed by atoms with Gasteiger partial charge in [0, 0.05) is 0 Å². The average Bonchev–Trinajstić information content (AvgIpc) is 2.22. The van der Waals surface area contributed by atoms with Crippen molar-refractivity contribution < 1.29 is 14.9 Å². The van der Waals surface area contributed by atoms with Crippen LogP contribution in [0.15, 0.2) is 22.2 Å². The standard InChI is InChI=1S/C11H13BrO3/c1-7(6-13)3-8-4-9(12)11(14)10(5-8)15-2/h3-5,13-14H,6H2,1-2H3. The summed E-state index contributed by atoms with van der Waals surface area (Å²) in [4.78, 5) is 0. The van der Waals surface area contributed by atoms with Crippen LogP contribution in [0.3, 0.4) is 0 Å². The van der Waals surface area contributed by atoms with Crippen LogP contribution < -0.4 is 4.74 Å². The number of hydrogen-bond donors (Lipinski definition) is 2. The lowest BCUT2D eigenvalue weighted by Gasteiger charge is -2.07. The quantitative estimate of drug-likeness (QED) is 0.889. The minimum Gasteiger partial charge on any atom is -0.503 e. The molecule has 82 valence electrons. The Morgan fingerprint density at radius 3 is 2.73 bits per heavy atom. The van der Waals surface area contributed by atoms with Crippen LogP contribution >= 0.6 is 15.9 Å². The Hall–Kier alpha value is -1.00. The molecule has 0 saturated heterocycles. The Balaban J connectivity index is 3.17. The van der Waals surface area contributed by atoms with Crippen LogP contribution in [0.2, 0.25) is 0 Å². The van der Waals surface area contributed by atoms with Gasteiger partial charge in [-0.2, -0.15) is 0 Å². The van der Waals surface area contributed by atoms with E-state index in [2.05, 4.69) is 15.9 Å². The summed E-state index contributed by atoms with van der Waals surface area (Å²) in [6.07, 6.45) is 1.83.